The molecule has 0 aromatic rings. The maximum Gasteiger partial charge on any atom is 0.0678 e. The molecule has 1 N–H and O–H groups in total. The van der Waals surface area contributed by atoms with Crippen LogP contribution in [0.4, 0.5) is 0 Å². The zero-order valence-electron chi connectivity index (χ0n) is 9.91. The zero-order chi connectivity index (χ0) is 10.9. The van der Waals surface area contributed by atoms with Gasteiger partial charge < -0.3 is 14.7 Å². The smallest absolute Gasteiger partial charge is 0.0678 e. The van der Waals surface area contributed by atoms with Crippen molar-refractivity contribution in [2.24, 2.45) is 0 Å². The van der Waals surface area contributed by atoms with Crippen molar-refractivity contribution in [3.63, 3.8) is 0 Å². The van der Waals surface area contributed by atoms with Crippen molar-refractivity contribution in [2.45, 2.75) is 56.2 Å². The Morgan fingerprint density at radius 2 is 1.93 bits per heavy atom. The molecule has 0 radical (unpaired) electrons. The first-order valence-electron chi connectivity index (χ1n) is 6.08. The Labute approximate surface area is 92.4 Å². The minimum atomic E-state index is -0.406. The standard InChI is InChI=1S/C12H23NO2/c1-13-10-4-5-11(13)9-12(14,8-10)6-3-7-15-2/h10-11,14H,3-9H2,1-2H3. The van der Waals surface area contributed by atoms with E-state index in [0.717, 1.165) is 32.3 Å². The van der Waals surface area contributed by atoms with E-state index in [1.54, 1.807) is 7.11 Å². The molecule has 2 rings (SSSR count). The molecule has 2 unspecified atom stereocenters. The van der Waals surface area contributed by atoms with Crippen LogP contribution in [-0.2, 0) is 4.74 Å². The fraction of sp³-hybridized carbons (Fsp3) is 1.00. The topological polar surface area (TPSA) is 32.7 Å². The minimum absolute atomic E-state index is 0.406. The normalized spacial score (nSPS) is 41.0. The Balaban J connectivity index is 1.88. The highest BCUT2D eigenvalue weighted by atomic mass is 16.5. The molecule has 2 fully saturated rings. The molecule has 2 aliphatic rings. The maximum absolute atomic E-state index is 10.5. The van der Waals surface area contributed by atoms with Gasteiger partial charge in [-0.15, -0.1) is 0 Å². The molecule has 15 heavy (non-hydrogen) atoms. The number of rotatable bonds is 4. The number of hydrogen-bond acceptors (Lipinski definition) is 3. The van der Waals surface area contributed by atoms with E-state index in [1.807, 2.05) is 0 Å². The van der Waals surface area contributed by atoms with Crippen LogP contribution in [0.15, 0.2) is 0 Å². The van der Waals surface area contributed by atoms with Gasteiger partial charge in [-0.1, -0.05) is 0 Å². The predicted molar refractivity (Wildman–Crippen MR) is 59.9 cm³/mol. The molecule has 0 amide bonds. The van der Waals surface area contributed by atoms with Crippen LogP contribution in [0.1, 0.15) is 38.5 Å². The first-order chi connectivity index (χ1) is 7.14. The lowest BCUT2D eigenvalue weighted by molar-refractivity contribution is -0.0539. The molecule has 0 aromatic carbocycles. The van der Waals surface area contributed by atoms with Gasteiger partial charge in [0, 0.05) is 25.8 Å². The second kappa shape index (κ2) is 4.40. The molecule has 0 spiro atoms. The molecule has 2 saturated heterocycles. The third-order valence-electron chi connectivity index (χ3n) is 4.21. The second-order valence-corrected chi connectivity index (χ2v) is 5.28. The van der Waals surface area contributed by atoms with Gasteiger partial charge >= 0.3 is 0 Å². The summed E-state index contributed by atoms with van der Waals surface area (Å²) in [7, 11) is 3.93. The lowest BCUT2D eigenvalue weighted by atomic mass is 9.83. The summed E-state index contributed by atoms with van der Waals surface area (Å²) in [5.41, 5.74) is -0.406. The van der Waals surface area contributed by atoms with Crippen LogP contribution in [0.3, 0.4) is 0 Å². The van der Waals surface area contributed by atoms with Crippen molar-refractivity contribution in [3.8, 4) is 0 Å². The molecule has 2 bridgehead atoms. The van der Waals surface area contributed by atoms with Gasteiger partial charge in [0.1, 0.15) is 0 Å². The quantitative estimate of drug-likeness (QED) is 0.717. The van der Waals surface area contributed by atoms with Gasteiger partial charge in [-0.2, -0.15) is 0 Å². The second-order valence-electron chi connectivity index (χ2n) is 5.28. The highest BCUT2D eigenvalue weighted by molar-refractivity contribution is 5.00. The molecule has 0 aliphatic carbocycles. The van der Waals surface area contributed by atoms with Crippen molar-refractivity contribution in [1.29, 1.82) is 0 Å². The van der Waals surface area contributed by atoms with Crippen LogP contribution >= 0.6 is 0 Å². The van der Waals surface area contributed by atoms with Crippen LogP contribution < -0.4 is 0 Å². The largest absolute Gasteiger partial charge is 0.390 e. The summed E-state index contributed by atoms with van der Waals surface area (Å²) in [5, 5.41) is 10.5. The van der Waals surface area contributed by atoms with Gasteiger partial charge in [-0.25, -0.2) is 0 Å². The van der Waals surface area contributed by atoms with Crippen molar-refractivity contribution in [1.82, 2.24) is 4.90 Å². The van der Waals surface area contributed by atoms with Crippen molar-refractivity contribution >= 4 is 0 Å². The van der Waals surface area contributed by atoms with Gasteiger partial charge in [0.25, 0.3) is 0 Å². The van der Waals surface area contributed by atoms with Crippen LogP contribution in [0.25, 0.3) is 0 Å². The summed E-state index contributed by atoms with van der Waals surface area (Å²) in [6.07, 6.45) is 6.35. The molecular weight excluding hydrogens is 190 g/mol. The van der Waals surface area contributed by atoms with Gasteiger partial charge in [-0.3, -0.25) is 0 Å². The third-order valence-corrected chi connectivity index (χ3v) is 4.21. The summed E-state index contributed by atoms with van der Waals surface area (Å²) in [5.74, 6) is 0. The first-order valence-corrected chi connectivity index (χ1v) is 6.08. The lowest BCUT2D eigenvalue weighted by Crippen LogP contribution is -2.49. The van der Waals surface area contributed by atoms with E-state index in [1.165, 1.54) is 12.8 Å². The average molecular weight is 213 g/mol. The monoisotopic (exact) mass is 213 g/mol. The highest BCUT2D eigenvalue weighted by Gasteiger charge is 2.45. The molecule has 0 saturated carbocycles. The average Bonchev–Trinajstić information content (AvgIpc) is 2.44. The van der Waals surface area contributed by atoms with E-state index in [4.69, 9.17) is 4.74 Å². The Hall–Kier alpha value is -0.120. The number of piperidine rings is 1. The molecule has 0 aromatic heterocycles. The van der Waals surface area contributed by atoms with Crippen LogP contribution in [0, 0.1) is 0 Å². The van der Waals surface area contributed by atoms with Gasteiger partial charge in [0.2, 0.25) is 0 Å². The summed E-state index contributed by atoms with van der Waals surface area (Å²) >= 11 is 0. The maximum atomic E-state index is 10.5. The molecule has 2 aliphatic heterocycles. The fourth-order valence-corrected chi connectivity index (χ4v) is 3.29. The van der Waals surface area contributed by atoms with Gasteiger partial charge in [-0.05, 0) is 45.6 Å². The van der Waals surface area contributed by atoms with Crippen molar-refractivity contribution in [3.05, 3.63) is 0 Å². The molecule has 3 nitrogen and oxygen atoms in total. The predicted octanol–water partition coefficient (Wildman–Crippen LogP) is 1.40. The number of ether oxygens (including phenoxy) is 1. The molecular formula is C12H23NO2. The van der Waals surface area contributed by atoms with Gasteiger partial charge in [0.05, 0.1) is 5.60 Å². The van der Waals surface area contributed by atoms with E-state index >= 15 is 0 Å². The van der Waals surface area contributed by atoms with E-state index in [9.17, 15) is 5.11 Å². The Morgan fingerprint density at radius 3 is 2.47 bits per heavy atom. The number of methoxy groups -OCH3 is 1. The summed E-state index contributed by atoms with van der Waals surface area (Å²) in [6, 6.07) is 1.24. The zero-order valence-corrected chi connectivity index (χ0v) is 9.91. The van der Waals surface area contributed by atoms with Gasteiger partial charge in [0.15, 0.2) is 0 Å². The molecule has 88 valence electrons. The fourth-order valence-electron chi connectivity index (χ4n) is 3.29. The highest BCUT2D eigenvalue weighted by Crippen LogP contribution is 2.41. The number of aliphatic hydroxyl groups is 1. The molecule has 2 heterocycles. The number of nitrogens with zero attached hydrogens (tertiary/aromatic N) is 1. The summed E-state index contributed by atoms with van der Waals surface area (Å²) < 4.78 is 5.05. The Bertz CT molecular complexity index is 206. The van der Waals surface area contributed by atoms with E-state index in [2.05, 4.69) is 11.9 Å². The van der Waals surface area contributed by atoms with E-state index in [0.29, 0.717) is 12.1 Å². The Morgan fingerprint density at radius 1 is 1.33 bits per heavy atom. The number of hydrogen-bond donors (Lipinski definition) is 1. The molecule has 2 atom stereocenters. The van der Waals surface area contributed by atoms with Crippen molar-refractivity contribution < 1.29 is 9.84 Å². The summed E-state index contributed by atoms with van der Waals surface area (Å²) in [4.78, 5) is 2.46. The van der Waals surface area contributed by atoms with Crippen LogP contribution in [0.5, 0.6) is 0 Å². The minimum Gasteiger partial charge on any atom is -0.390 e. The first kappa shape index (κ1) is 11.4. The Kier molecular flexibility index (Phi) is 3.33. The van der Waals surface area contributed by atoms with Crippen LogP contribution in [-0.4, -0.2) is 48.5 Å². The lowest BCUT2D eigenvalue weighted by Gasteiger charge is -2.42. The SMILES string of the molecule is COCCCC1(O)CC2CCC(C1)N2C. The van der Waals surface area contributed by atoms with E-state index in [-0.39, 0.29) is 0 Å². The number of fused-ring (bicyclic) bond motifs is 2. The van der Waals surface area contributed by atoms with Crippen LogP contribution in [0.2, 0.25) is 0 Å². The molecule has 3 heteroatoms. The van der Waals surface area contributed by atoms with Crippen molar-refractivity contribution in [2.75, 3.05) is 20.8 Å². The van der Waals surface area contributed by atoms with E-state index < -0.39 is 5.60 Å². The third kappa shape index (κ3) is 2.35. The summed E-state index contributed by atoms with van der Waals surface area (Å²) in [6.45, 7) is 0.771.